The quantitative estimate of drug-likeness (QED) is 0.138. The molecule has 1 atom stereocenters. The number of para-hydroxylation sites is 1. The van der Waals surface area contributed by atoms with Gasteiger partial charge in [0, 0.05) is 28.9 Å². The van der Waals surface area contributed by atoms with E-state index in [4.69, 9.17) is 4.74 Å². The van der Waals surface area contributed by atoms with Gasteiger partial charge in [-0.15, -0.1) is 11.3 Å². The number of methoxy groups -OCH3 is 1. The van der Waals surface area contributed by atoms with E-state index in [-0.39, 0.29) is 5.91 Å². The smallest absolute Gasteiger partial charge is 0.328 e. The summed E-state index contributed by atoms with van der Waals surface area (Å²) in [5.74, 6) is 0.0172. The number of aryl methyl sites for hydroxylation is 2. The molecule has 0 unspecified atom stereocenters. The minimum Gasteiger partial charge on any atom is -0.467 e. The fraction of sp³-hybridized carbons (Fsp3) is 0.343. The first-order chi connectivity index (χ1) is 20.9. The van der Waals surface area contributed by atoms with Crippen LogP contribution in [0.3, 0.4) is 0 Å². The van der Waals surface area contributed by atoms with E-state index in [0.717, 1.165) is 53.8 Å². The number of ether oxygens (including phenoxy) is 1. The molecule has 8 heteroatoms. The first-order valence-corrected chi connectivity index (χ1v) is 17.0. The lowest BCUT2D eigenvalue weighted by Crippen LogP contribution is -2.42. The molecule has 1 amide bonds. The van der Waals surface area contributed by atoms with Crippen molar-refractivity contribution in [2.24, 2.45) is 0 Å². The molecule has 6 nitrogen and oxygen atoms in total. The molecule has 43 heavy (non-hydrogen) atoms. The van der Waals surface area contributed by atoms with Crippen LogP contribution >= 0.6 is 23.1 Å². The number of carbonyl (C=O) groups is 2. The summed E-state index contributed by atoms with van der Waals surface area (Å²) in [4.78, 5) is 34.1. The molecule has 1 N–H and O–H groups in total. The van der Waals surface area contributed by atoms with Crippen molar-refractivity contribution in [3.8, 4) is 11.1 Å². The van der Waals surface area contributed by atoms with Crippen LogP contribution in [-0.2, 0) is 29.0 Å². The Morgan fingerprint density at radius 1 is 1.05 bits per heavy atom. The Bertz CT molecular complexity index is 1490. The summed E-state index contributed by atoms with van der Waals surface area (Å²) in [6, 6.07) is 22.1. The van der Waals surface area contributed by atoms with Gasteiger partial charge in [-0.2, -0.15) is 11.8 Å². The third kappa shape index (κ3) is 8.71. The molecule has 0 aliphatic heterocycles. The number of rotatable bonds is 15. The number of nitrogens with one attached hydrogen (secondary N) is 1. The second-order valence-corrected chi connectivity index (χ2v) is 12.5. The normalized spacial score (nSPS) is 11.6. The molecule has 3 aromatic carbocycles. The highest BCUT2D eigenvalue weighted by Gasteiger charge is 2.24. The van der Waals surface area contributed by atoms with Crippen LogP contribution in [0.2, 0.25) is 0 Å². The van der Waals surface area contributed by atoms with Gasteiger partial charge in [0.15, 0.2) is 0 Å². The van der Waals surface area contributed by atoms with Crippen molar-refractivity contribution in [1.29, 1.82) is 0 Å². The first-order valence-electron chi connectivity index (χ1n) is 14.7. The van der Waals surface area contributed by atoms with Gasteiger partial charge in [-0.25, -0.2) is 4.79 Å². The van der Waals surface area contributed by atoms with Crippen LogP contribution in [0, 0.1) is 6.92 Å². The summed E-state index contributed by atoms with van der Waals surface area (Å²) in [5.41, 5.74) is 8.98. The Labute approximate surface area is 263 Å². The lowest BCUT2D eigenvalue weighted by molar-refractivity contribution is -0.142. The zero-order valence-electron chi connectivity index (χ0n) is 25.5. The number of anilines is 1. The van der Waals surface area contributed by atoms with Gasteiger partial charge in [0.1, 0.15) is 6.04 Å². The largest absolute Gasteiger partial charge is 0.467 e. The Morgan fingerprint density at radius 2 is 1.84 bits per heavy atom. The third-order valence-corrected chi connectivity index (χ3v) is 8.91. The average Bonchev–Trinajstić information content (AvgIpc) is 3.55. The minimum atomic E-state index is -0.705. The second-order valence-electron chi connectivity index (χ2n) is 10.6. The summed E-state index contributed by atoms with van der Waals surface area (Å²) < 4.78 is 4.99. The zero-order valence-corrected chi connectivity index (χ0v) is 27.1. The standard InChI is InChI=1S/C35H41N3O3S2/c1-5-6-12-27-13-8-10-15-33(27)38(23-28-21-36-24-43-28)22-26-16-17-30(31(20-26)29-14-9-7-11-25(29)2)34(39)37-32(18-19-42-4)35(40)41-3/h7-11,13-17,20-21,24,32H,5-6,12,18-19,22-23H2,1-4H3,(H,37,39)/t32-/m0/s1. The van der Waals surface area contributed by atoms with Gasteiger partial charge in [0.25, 0.3) is 5.91 Å². The van der Waals surface area contributed by atoms with Gasteiger partial charge >= 0.3 is 5.97 Å². The Morgan fingerprint density at radius 3 is 2.56 bits per heavy atom. The van der Waals surface area contributed by atoms with Crippen LogP contribution < -0.4 is 10.2 Å². The SMILES string of the molecule is CCCCc1ccccc1N(Cc1ccc(C(=O)N[C@@H](CCSC)C(=O)OC)c(-c2ccccc2C)c1)Cc1cncs1. The Kier molecular flexibility index (Phi) is 12.2. The lowest BCUT2D eigenvalue weighted by Gasteiger charge is -2.27. The van der Waals surface area contributed by atoms with Crippen LogP contribution in [0.15, 0.2) is 78.4 Å². The maximum atomic E-state index is 13.7. The van der Waals surface area contributed by atoms with E-state index in [1.54, 1.807) is 23.1 Å². The number of carbonyl (C=O) groups excluding carboxylic acids is 2. The molecule has 1 heterocycles. The van der Waals surface area contributed by atoms with Crippen LogP contribution in [0.4, 0.5) is 5.69 Å². The first kappa shape index (κ1) is 32.3. The topological polar surface area (TPSA) is 71.5 Å². The predicted octanol–water partition coefficient (Wildman–Crippen LogP) is 7.69. The number of amides is 1. The summed E-state index contributed by atoms with van der Waals surface area (Å²) >= 11 is 3.29. The monoisotopic (exact) mass is 615 g/mol. The van der Waals surface area contributed by atoms with Crippen LogP contribution in [0.1, 0.15) is 58.1 Å². The second kappa shape index (κ2) is 16.3. The van der Waals surface area contributed by atoms with Crippen molar-refractivity contribution in [2.75, 3.05) is 24.0 Å². The van der Waals surface area contributed by atoms with Gasteiger partial charge in [0.2, 0.25) is 0 Å². The highest BCUT2D eigenvalue weighted by Crippen LogP contribution is 2.31. The maximum absolute atomic E-state index is 13.7. The van der Waals surface area contributed by atoms with E-state index >= 15 is 0 Å². The molecule has 0 bridgehead atoms. The number of benzene rings is 3. The van der Waals surface area contributed by atoms with Crippen LogP contribution in [0.25, 0.3) is 11.1 Å². The van der Waals surface area contributed by atoms with E-state index in [0.29, 0.717) is 18.5 Å². The molecule has 0 saturated heterocycles. The number of thioether (sulfide) groups is 1. The summed E-state index contributed by atoms with van der Waals surface area (Å²) in [6.45, 7) is 5.68. The molecular weight excluding hydrogens is 575 g/mol. The van der Waals surface area contributed by atoms with Crippen molar-refractivity contribution in [1.82, 2.24) is 10.3 Å². The third-order valence-electron chi connectivity index (χ3n) is 7.50. The van der Waals surface area contributed by atoms with E-state index in [2.05, 4.69) is 65.4 Å². The van der Waals surface area contributed by atoms with Crippen molar-refractivity contribution < 1.29 is 14.3 Å². The van der Waals surface area contributed by atoms with Crippen molar-refractivity contribution >= 4 is 40.7 Å². The van der Waals surface area contributed by atoms with Crippen molar-refractivity contribution in [2.45, 2.75) is 58.7 Å². The van der Waals surface area contributed by atoms with Gasteiger partial charge in [0.05, 0.1) is 19.2 Å². The highest BCUT2D eigenvalue weighted by atomic mass is 32.2. The van der Waals surface area contributed by atoms with Gasteiger partial charge in [-0.05, 0) is 84.2 Å². The molecule has 0 aliphatic carbocycles. The zero-order chi connectivity index (χ0) is 30.6. The van der Waals surface area contributed by atoms with Crippen molar-refractivity contribution in [3.05, 3.63) is 106 Å². The number of esters is 1. The van der Waals surface area contributed by atoms with E-state index in [9.17, 15) is 9.59 Å². The molecule has 0 aliphatic rings. The van der Waals surface area contributed by atoms with Gasteiger partial charge in [-0.3, -0.25) is 9.78 Å². The molecular formula is C35H41N3O3S2. The number of unbranched alkanes of at least 4 members (excludes halogenated alkanes) is 1. The van der Waals surface area contributed by atoms with E-state index in [1.165, 1.54) is 23.2 Å². The van der Waals surface area contributed by atoms with Crippen LogP contribution in [-0.4, -0.2) is 42.0 Å². The Balaban J connectivity index is 1.73. The van der Waals surface area contributed by atoms with Gasteiger partial charge < -0.3 is 15.0 Å². The van der Waals surface area contributed by atoms with Gasteiger partial charge in [-0.1, -0.05) is 61.9 Å². The maximum Gasteiger partial charge on any atom is 0.328 e. The van der Waals surface area contributed by atoms with Crippen molar-refractivity contribution in [3.63, 3.8) is 0 Å². The molecule has 0 radical (unpaired) electrons. The summed E-state index contributed by atoms with van der Waals surface area (Å²) in [5, 5.41) is 2.95. The van der Waals surface area contributed by atoms with E-state index < -0.39 is 12.0 Å². The Hall–Kier alpha value is -3.62. The molecule has 4 rings (SSSR count). The molecule has 0 spiro atoms. The number of hydrogen-bond donors (Lipinski definition) is 1. The van der Waals surface area contributed by atoms with E-state index in [1.807, 2.05) is 48.3 Å². The molecule has 226 valence electrons. The van der Waals surface area contributed by atoms with Crippen LogP contribution in [0.5, 0.6) is 0 Å². The lowest BCUT2D eigenvalue weighted by atomic mass is 9.93. The molecule has 0 saturated carbocycles. The number of thiazole rings is 1. The fourth-order valence-electron chi connectivity index (χ4n) is 5.20. The summed E-state index contributed by atoms with van der Waals surface area (Å²) in [6.07, 6.45) is 7.72. The molecule has 0 fully saturated rings. The summed E-state index contributed by atoms with van der Waals surface area (Å²) in [7, 11) is 1.35. The highest BCUT2D eigenvalue weighted by molar-refractivity contribution is 7.98. The number of hydrogen-bond acceptors (Lipinski definition) is 7. The fourth-order valence-corrected chi connectivity index (χ4v) is 6.28. The minimum absolute atomic E-state index is 0.285. The predicted molar refractivity (Wildman–Crippen MR) is 180 cm³/mol. The number of nitrogens with zero attached hydrogens (tertiary/aromatic N) is 2. The number of aromatic nitrogens is 1. The molecule has 1 aromatic heterocycles. The average molecular weight is 616 g/mol. The molecule has 4 aromatic rings.